The highest BCUT2D eigenvalue weighted by atomic mass is 35.5. The Kier molecular flexibility index (Phi) is 5.28. The number of benzene rings is 2. The van der Waals surface area contributed by atoms with E-state index in [0.717, 1.165) is 30.5 Å². The first kappa shape index (κ1) is 17.7. The number of hydrogen-bond donors (Lipinski definition) is 2. The van der Waals surface area contributed by atoms with Gasteiger partial charge in [0.1, 0.15) is 0 Å². The summed E-state index contributed by atoms with van der Waals surface area (Å²) in [7, 11) is 0. The summed E-state index contributed by atoms with van der Waals surface area (Å²) in [6, 6.07) is 8.00. The summed E-state index contributed by atoms with van der Waals surface area (Å²) in [6.45, 7) is 6.66. The summed E-state index contributed by atoms with van der Waals surface area (Å²) >= 11 is 6.21. The van der Waals surface area contributed by atoms with E-state index in [-0.39, 0.29) is 5.69 Å². The van der Waals surface area contributed by atoms with E-state index >= 15 is 0 Å². The highest BCUT2D eigenvalue weighted by molar-refractivity contribution is 6.33. The van der Waals surface area contributed by atoms with E-state index in [1.54, 1.807) is 12.1 Å². The molecule has 0 unspecified atom stereocenters. The topological polar surface area (TPSA) is 24.1 Å². The maximum atomic E-state index is 14.4. The van der Waals surface area contributed by atoms with E-state index in [1.807, 2.05) is 13.0 Å². The van der Waals surface area contributed by atoms with Gasteiger partial charge in [-0.15, -0.1) is 0 Å². The molecule has 1 fully saturated rings. The second-order valence-corrected chi connectivity index (χ2v) is 6.94. The van der Waals surface area contributed by atoms with Crippen molar-refractivity contribution in [3.8, 4) is 0 Å². The Bertz CT molecular complexity index is 801. The molecule has 25 heavy (non-hydrogen) atoms. The van der Waals surface area contributed by atoms with Gasteiger partial charge < -0.3 is 10.6 Å². The van der Waals surface area contributed by atoms with Gasteiger partial charge in [-0.2, -0.15) is 0 Å². The first-order valence-electron chi connectivity index (χ1n) is 8.40. The Morgan fingerprint density at radius 3 is 2.68 bits per heavy atom. The molecule has 2 aromatic rings. The van der Waals surface area contributed by atoms with Gasteiger partial charge in [0.25, 0.3) is 0 Å². The van der Waals surface area contributed by atoms with E-state index < -0.39 is 11.6 Å². The van der Waals surface area contributed by atoms with Crippen LogP contribution in [0.15, 0.2) is 36.9 Å². The number of aryl methyl sites for hydroxylation is 1. The third kappa shape index (κ3) is 4.31. The smallest absolute Gasteiger partial charge is 0.182 e. The molecule has 1 saturated carbocycles. The Labute approximate surface area is 151 Å². The predicted molar refractivity (Wildman–Crippen MR) is 100 cm³/mol. The molecule has 0 heterocycles. The zero-order chi connectivity index (χ0) is 18.0. The minimum atomic E-state index is -0.945. The molecule has 5 heteroatoms. The van der Waals surface area contributed by atoms with Crippen molar-refractivity contribution in [1.82, 2.24) is 5.32 Å². The average molecular weight is 363 g/mol. The summed E-state index contributed by atoms with van der Waals surface area (Å²) in [5.74, 6) is -1.08. The first-order valence-corrected chi connectivity index (χ1v) is 8.78. The molecular weight excluding hydrogens is 342 g/mol. The van der Waals surface area contributed by atoms with Crippen LogP contribution in [-0.2, 0) is 0 Å². The van der Waals surface area contributed by atoms with Crippen LogP contribution in [0, 0.1) is 24.5 Å². The van der Waals surface area contributed by atoms with Crippen LogP contribution in [-0.4, -0.2) is 6.54 Å². The van der Waals surface area contributed by atoms with Crippen molar-refractivity contribution < 1.29 is 8.78 Å². The van der Waals surface area contributed by atoms with Gasteiger partial charge >= 0.3 is 0 Å². The zero-order valence-corrected chi connectivity index (χ0v) is 14.9. The van der Waals surface area contributed by atoms with Gasteiger partial charge in [0, 0.05) is 17.8 Å². The molecule has 1 aliphatic carbocycles. The standard InChI is InChI=1S/C20H21ClF2N2/c1-12-3-8-18(16(21)11-12)25-20-15(6-7-17(22)19(20)23)13(2)24-10-9-14-4-5-14/h3,6-8,11,14,24-25H,2,4-5,9-10H2,1H3. The van der Waals surface area contributed by atoms with Gasteiger partial charge in [-0.3, -0.25) is 0 Å². The van der Waals surface area contributed by atoms with E-state index in [1.165, 1.54) is 18.9 Å². The van der Waals surface area contributed by atoms with Crippen molar-refractivity contribution in [2.45, 2.75) is 26.2 Å². The van der Waals surface area contributed by atoms with Crippen molar-refractivity contribution in [3.05, 3.63) is 64.7 Å². The van der Waals surface area contributed by atoms with Crippen LogP contribution in [0.5, 0.6) is 0 Å². The SMILES string of the molecule is C=C(NCCC1CC1)c1ccc(F)c(F)c1Nc1ccc(C)cc1Cl. The first-order chi connectivity index (χ1) is 12.0. The summed E-state index contributed by atoms with van der Waals surface area (Å²) in [5, 5.41) is 6.58. The summed E-state index contributed by atoms with van der Waals surface area (Å²) in [6.07, 6.45) is 3.62. The summed E-state index contributed by atoms with van der Waals surface area (Å²) in [4.78, 5) is 0. The minimum Gasteiger partial charge on any atom is -0.385 e. The van der Waals surface area contributed by atoms with Crippen LogP contribution < -0.4 is 10.6 Å². The number of nitrogens with one attached hydrogen (secondary N) is 2. The van der Waals surface area contributed by atoms with Gasteiger partial charge in [-0.05, 0) is 49.1 Å². The van der Waals surface area contributed by atoms with Crippen molar-refractivity contribution >= 4 is 28.7 Å². The number of rotatable bonds is 7. The van der Waals surface area contributed by atoms with Gasteiger partial charge in [0.2, 0.25) is 0 Å². The Morgan fingerprint density at radius 2 is 2.00 bits per heavy atom. The predicted octanol–water partition coefficient (Wildman–Crippen LogP) is 6.03. The normalized spacial score (nSPS) is 13.6. The Hall–Kier alpha value is -2.07. The molecule has 0 aliphatic heterocycles. The third-order valence-electron chi connectivity index (χ3n) is 4.39. The molecule has 2 N–H and O–H groups in total. The monoisotopic (exact) mass is 362 g/mol. The van der Waals surface area contributed by atoms with Crippen LogP contribution in [0.1, 0.15) is 30.4 Å². The number of hydrogen-bond acceptors (Lipinski definition) is 2. The molecule has 0 aromatic heterocycles. The maximum absolute atomic E-state index is 14.4. The van der Waals surface area contributed by atoms with Crippen LogP contribution in [0.3, 0.4) is 0 Å². The molecule has 132 valence electrons. The lowest BCUT2D eigenvalue weighted by atomic mass is 10.1. The molecule has 2 nitrogen and oxygen atoms in total. The molecule has 0 saturated heterocycles. The average Bonchev–Trinajstić information content (AvgIpc) is 3.38. The van der Waals surface area contributed by atoms with Gasteiger partial charge in [-0.1, -0.05) is 37.1 Å². The van der Waals surface area contributed by atoms with Crippen LogP contribution in [0.4, 0.5) is 20.2 Å². The number of anilines is 2. The fourth-order valence-corrected chi connectivity index (χ4v) is 2.99. The lowest BCUT2D eigenvalue weighted by molar-refractivity contribution is 0.511. The summed E-state index contributed by atoms with van der Waals surface area (Å²) in [5.41, 5.74) is 2.59. The van der Waals surface area contributed by atoms with Gasteiger partial charge in [0.15, 0.2) is 11.6 Å². The molecular formula is C20H21ClF2N2. The number of halogens is 3. The molecule has 3 rings (SSSR count). The molecule has 0 atom stereocenters. The fourth-order valence-electron chi connectivity index (χ4n) is 2.71. The van der Waals surface area contributed by atoms with Crippen molar-refractivity contribution in [3.63, 3.8) is 0 Å². The largest absolute Gasteiger partial charge is 0.385 e. The Balaban J connectivity index is 1.85. The fraction of sp³-hybridized carbons (Fsp3) is 0.300. The molecule has 0 amide bonds. The zero-order valence-electron chi connectivity index (χ0n) is 14.1. The van der Waals surface area contributed by atoms with Crippen LogP contribution >= 0.6 is 11.6 Å². The molecule has 0 spiro atoms. The van der Waals surface area contributed by atoms with Crippen LogP contribution in [0.2, 0.25) is 5.02 Å². The van der Waals surface area contributed by atoms with Crippen molar-refractivity contribution in [2.24, 2.45) is 5.92 Å². The highest BCUT2D eigenvalue weighted by Gasteiger charge is 2.21. The lowest BCUT2D eigenvalue weighted by Gasteiger charge is -2.17. The maximum Gasteiger partial charge on any atom is 0.182 e. The van der Waals surface area contributed by atoms with E-state index in [0.29, 0.717) is 22.0 Å². The van der Waals surface area contributed by atoms with Crippen LogP contribution in [0.25, 0.3) is 5.70 Å². The molecule has 1 aliphatic rings. The second-order valence-electron chi connectivity index (χ2n) is 6.53. The minimum absolute atomic E-state index is 0.0367. The third-order valence-corrected chi connectivity index (χ3v) is 4.70. The van der Waals surface area contributed by atoms with E-state index in [4.69, 9.17) is 11.6 Å². The lowest BCUT2D eigenvalue weighted by Crippen LogP contribution is -2.15. The quantitative estimate of drug-likeness (QED) is 0.628. The second kappa shape index (κ2) is 7.44. The van der Waals surface area contributed by atoms with Gasteiger partial charge in [0.05, 0.1) is 16.4 Å². The van der Waals surface area contributed by atoms with Crippen molar-refractivity contribution in [2.75, 3.05) is 11.9 Å². The Morgan fingerprint density at radius 1 is 1.24 bits per heavy atom. The van der Waals surface area contributed by atoms with E-state index in [2.05, 4.69) is 17.2 Å². The highest BCUT2D eigenvalue weighted by Crippen LogP contribution is 2.34. The molecule has 0 bridgehead atoms. The van der Waals surface area contributed by atoms with E-state index in [9.17, 15) is 8.78 Å². The molecule has 0 radical (unpaired) electrons. The van der Waals surface area contributed by atoms with Gasteiger partial charge in [-0.25, -0.2) is 8.78 Å². The summed E-state index contributed by atoms with van der Waals surface area (Å²) < 4.78 is 28.2. The molecule has 2 aromatic carbocycles. The van der Waals surface area contributed by atoms with Crippen molar-refractivity contribution in [1.29, 1.82) is 0 Å².